The van der Waals surface area contributed by atoms with E-state index in [0.29, 0.717) is 4.68 Å². The Morgan fingerprint density at radius 3 is 2.49 bits per heavy atom. The number of carbonyl (C=O) groups excluding carboxylic acids is 1. The Labute approximate surface area is 198 Å². The fourth-order valence-corrected chi connectivity index (χ4v) is 3.69. The van der Waals surface area contributed by atoms with E-state index in [1.807, 2.05) is 0 Å². The average Bonchev–Trinajstić information content (AvgIpc) is 3.49. The highest BCUT2D eigenvalue weighted by Gasteiger charge is 2.41. The maximum absolute atomic E-state index is 14.2. The third kappa shape index (κ3) is 4.05. The molecule has 176 valence electrons. The van der Waals surface area contributed by atoms with Gasteiger partial charge >= 0.3 is 6.18 Å². The summed E-state index contributed by atoms with van der Waals surface area (Å²) in [6.07, 6.45) is 2.10. The van der Waals surface area contributed by atoms with Gasteiger partial charge in [-0.1, -0.05) is 23.7 Å². The van der Waals surface area contributed by atoms with E-state index in [-0.39, 0.29) is 33.0 Å². The monoisotopic (exact) mass is 502 g/mol. The number of fused-ring (bicyclic) bond motifs is 1. The van der Waals surface area contributed by atoms with Crippen LogP contribution in [0.3, 0.4) is 0 Å². The molecular formula is C21H11ClF4N8O. The molecule has 4 heterocycles. The van der Waals surface area contributed by atoms with Crippen molar-refractivity contribution in [3.8, 4) is 11.5 Å². The third-order valence-electron chi connectivity index (χ3n) is 4.93. The molecule has 0 aliphatic rings. The fraction of sp³-hybridized carbons (Fsp3) is 0.0476. The molecule has 0 saturated carbocycles. The van der Waals surface area contributed by atoms with E-state index >= 15 is 0 Å². The minimum Gasteiger partial charge on any atom is -0.320 e. The van der Waals surface area contributed by atoms with E-state index in [1.54, 1.807) is 0 Å². The summed E-state index contributed by atoms with van der Waals surface area (Å²) in [5.74, 6) is -1.60. The highest BCUT2D eigenvalue weighted by Crippen LogP contribution is 2.35. The zero-order valence-electron chi connectivity index (χ0n) is 17.2. The van der Waals surface area contributed by atoms with Crippen molar-refractivity contribution in [2.24, 2.45) is 0 Å². The number of pyridine rings is 2. The van der Waals surface area contributed by atoms with Gasteiger partial charge in [0.05, 0.1) is 52.9 Å². The van der Waals surface area contributed by atoms with Gasteiger partial charge in [-0.15, -0.1) is 4.80 Å². The molecule has 9 nitrogen and oxygen atoms in total. The van der Waals surface area contributed by atoms with Gasteiger partial charge in [0.15, 0.2) is 11.5 Å². The highest BCUT2D eigenvalue weighted by molar-refractivity contribution is 6.32. The molecular weight excluding hydrogens is 492 g/mol. The maximum atomic E-state index is 14.2. The number of nitrogens with one attached hydrogen (secondary N) is 1. The van der Waals surface area contributed by atoms with Gasteiger partial charge in [-0.2, -0.15) is 28.5 Å². The van der Waals surface area contributed by atoms with Gasteiger partial charge in [0.2, 0.25) is 0 Å². The number of hydrogen-bond donors (Lipinski definition) is 1. The van der Waals surface area contributed by atoms with Gasteiger partial charge in [-0.3, -0.25) is 9.78 Å². The van der Waals surface area contributed by atoms with Crippen molar-refractivity contribution in [2.75, 3.05) is 5.32 Å². The summed E-state index contributed by atoms with van der Waals surface area (Å²) in [6, 6.07) is 5.24. The van der Waals surface area contributed by atoms with Gasteiger partial charge in [-0.05, 0) is 12.1 Å². The molecule has 0 saturated heterocycles. The van der Waals surface area contributed by atoms with Crippen molar-refractivity contribution >= 4 is 34.0 Å². The predicted molar refractivity (Wildman–Crippen MR) is 116 cm³/mol. The fourth-order valence-electron chi connectivity index (χ4n) is 3.45. The van der Waals surface area contributed by atoms with Gasteiger partial charge in [-0.25, -0.2) is 14.1 Å². The number of halogens is 5. The first-order valence-corrected chi connectivity index (χ1v) is 10.1. The van der Waals surface area contributed by atoms with Crippen LogP contribution < -0.4 is 5.32 Å². The zero-order valence-corrected chi connectivity index (χ0v) is 18.0. The molecule has 0 bridgehead atoms. The SMILES string of the molecule is O=C(Nc1cnc(-n2nccn2)c(Cl)c1)c1cnn(-c2cncc3c(F)cccc23)c1C(F)(F)F. The topological polar surface area (TPSA) is 103 Å². The molecule has 0 radical (unpaired) electrons. The molecule has 35 heavy (non-hydrogen) atoms. The Hall–Kier alpha value is -4.39. The molecule has 0 atom stereocenters. The molecule has 1 N–H and O–H groups in total. The molecule has 14 heteroatoms. The molecule has 0 aliphatic carbocycles. The lowest BCUT2D eigenvalue weighted by Gasteiger charge is -2.14. The average molecular weight is 503 g/mol. The van der Waals surface area contributed by atoms with Gasteiger partial charge < -0.3 is 5.32 Å². The molecule has 4 aromatic heterocycles. The van der Waals surface area contributed by atoms with E-state index in [2.05, 4.69) is 30.6 Å². The Kier molecular flexibility index (Phi) is 5.40. The number of alkyl halides is 3. The number of nitrogens with zero attached hydrogens (tertiary/aromatic N) is 7. The lowest BCUT2D eigenvalue weighted by Crippen LogP contribution is -2.21. The summed E-state index contributed by atoms with van der Waals surface area (Å²) in [5, 5.41) is 14.1. The van der Waals surface area contributed by atoms with Gasteiger partial charge in [0.1, 0.15) is 5.82 Å². The smallest absolute Gasteiger partial charge is 0.320 e. The molecule has 5 rings (SSSR count). The lowest BCUT2D eigenvalue weighted by molar-refractivity contribution is -0.143. The molecule has 0 fully saturated rings. The largest absolute Gasteiger partial charge is 0.434 e. The second-order valence-corrected chi connectivity index (χ2v) is 7.52. The van der Waals surface area contributed by atoms with Gasteiger partial charge in [0, 0.05) is 17.0 Å². The molecule has 0 unspecified atom stereocenters. The summed E-state index contributed by atoms with van der Waals surface area (Å²) in [4.78, 5) is 21.8. The molecule has 5 aromatic rings. The molecule has 0 aliphatic heterocycles. The van der Waals surface area contributed by atoms with Crippen molar-refractivity contribution in [1.29, 1.82) is 0 Å². The number of anilines is 1. The van der Waals surface area contributed by atoms with Crippen LogP contribution in [0.5, 0.6) is 0 Å². The summed E-state index contributed by atoms with van der Waals surface area (Å²) >= 11 is 6.16. The number of aromatic nitrogens is 7. The predicted octanol–water partition coefficient (Wildman–Crippen LogP) is 4.46. The quantitative estimate of drug-likeness (QED) is 0.364. The first-order chi connectivity index (χ1) is 16.7. The van der Waals surface area contributed by atoms with Crippen LogP contribution in [0, 0.1) is 5.82 Å². The summed E-state index contributed by atoms with van der Waals surface area (Å²) in [5.41, 5.74) is -2.23. The van der Waals surface area contributed by atoms with Crippen LogP contribution in [-0.2, 0) is 6.18 Å². The first kappa shape index (κ1) is 22.4. The Morgan fingerprint density at radius 2 is 1.77 bits per heavy atom. The number of amides is 1. The van der Waals surface area contributed by atoms with Crippen LogP contribution in [0.25, 0.3) is 22.3 Å². The summed E-state index contributed by atoms with van der Waals surface area (Å²) in [7, 11) is 0. The number of benzene rings is 1. The minimum atomic E-state index is -4.98. The third-order valence-corrected chi connectivity index (χ3v) is 5.21. The van der Waals surface area contributed by atoms with Crippen LogP contribution in [0.2, 0.25) is 5.02 Å². The van der Waals surface area contributed by atoms with E-state index < -0.39 is 29.2 Å². The van der Waals surface area contributed by atoms with Crippen molar-refractivity contribution in [1.82, 2.24) is 34.7 Å². The van der Waals surface area contributed by atoms with Crippen LogP contribution in [-0.4, -0.2) is 40.6 Å². The lowest BCUT2D eigenvalue weighted by atomic mass is 10.1. The molecule has 1 amide bonds. The maximum Gasteiger partial charge on any atom is 0.434 e. The summed E-state index contributed by atoms with van der Waals surface area (Å²) in [6.45, 7) is 0. The van der Waals surface area contributed by atoms with Crippen molar-refractivity contribution in [3.05, 3.63) is 83.5 Å². The van der Waals surface area contributed by atoms with Crippen molar-refractivity contribution in [2.45, 2.75) is 6.18 Å². The second kappa shape index (κ2) is 8.43. The van der Waals surface area contributed by atoms with Crippen molar-refractivity contribution < 1.29 is 22.4 Å². The van der Waals surface area contributed by atoms with E-state index in [1.165, 1.54) is 43.0 Å². The number of rotatable bonds is 4. The first-order valence-electron chi connectivity index (χ1n) is 9.75. The summed E-state index contributed by atoms with van der Waals surface area (Å²) < 4.78 is 57.0. The Morgan fingerprint density at radius 1 is 1.00 bits per heavy atom. The van der Waals surface area contributed by atoms with Crippen LogP contribution in [0.15, 0.2) is 61.4 Å². The van der Waals surface area contributed by atoms with Gasteiger partial charge in [0.25, 0.3) is 5.91 Å². The van der Waals surface area contributed by atoms with Crippen LogP contribution in [0.4, 0.5) is 23.2 Å². The number of carbonyl (C=O) groups is 1. The van der Waals surface area contributed by atoms with Crippen LogP contribution in [0.1, 0.15) is 16.1 Å². The van der Waals surface area contributed by atoms with E-state index in [0.717, 1.165) is 23.3 Å². The second-order valence-electron chi connectivity index (χ2n) is 7.11. The normalized spacial score (nSPS) is 11.7. The van der Waals surface area contributed by atoms with Crippen LogP contribution >= 0.6 is 11.6 Å². The Balaban J connectivity index is 1.54. The molecule has 0 spiro atoms. The highest BCUT2D eigenvalue weighted by atomic mass is 35.5. The molecule has 1 aromatic carbocycles. The minimum absolute atomic E-state index is 0.00658. The number of hydrogen-bond acceptors (Lipinski definition) is 6. The standard InChI is InChI=1S/C21H11ClF4N8O/c22-15-6-11(7-28-19(15)34-29-4-5-30-34)32-20(35)14-9-31-33(18(14)21(24,25)26)17-10-27-8-13-12(17)2-1-3-16(13)23/h1-10H,(H,32,35). The van der Waals surface area contributed by atoms with E-state index in [9.17, 15) is 22.4 Å². The van der Waals surface area contributed by atoms with E-state index in [4.69, 9.17) is 11.6 Å². The zero-order chi connectivity index (χ0) is 24.7. The van der Waals surface area contributed by atoms with Crippen molar-refractivity contribution in [3.63, 3.8) is 0 Å². The Bertz CT molecular complexity index is 1570.